The summed E-state index contributed by atoms with van der Waals surface area (Å²) in [5, 5.41) is 31.5. The molecular weight excluding hydrogens is 1010 g/mol. The molecule has 3 aromatic rings. The minimum absolute atomic E-state index is 0.0000388. The Morgan fingerprint density at radius 1 is 0.600 bits per heavy atom. The van der Waals surface area contributed by atoms with Crippen LogP contribution < -0.4 is 0 Å². The number of phenolic OH excluding ortho intramolecular Hbond substituents is 3. The molecule has 15 nitrogen and oxygen atoms in total. The SMILES string of the molecule is CC.CC(C)c1cc(CCC=O)cc(C(C)(C)C)c1O.CCC.CCCc1cc(CC)c(O)c(C(C)(C)C)c1.COCCN(C=O)C(=O)N(CCOC(=O)CCc1cc(C(C)(C)C)c(O)c(C(C)(C)C)c1)C(=O)N(C)CCOC=O. The van der Waals surface area contributed by atoms with E-state index < -0.39 is 18.0 Å². The van der Waals surface area contributed by atoms with E-state index in [2.05, 4.69) is 100.0 Å². The summed E-state index contributed by atoms with van der Waals surface area (Å²) in [6, 6.07) is 10.5. The van der Waals surface area contributed by atoms with Gasteiger partial charge < -0.3 is 39.2 Å². The quantitative estimate of drug-likeness (QED) is 0.0519. The number of phenols is 3. The van der Waals surface area contributed by atoms with Crippen molar-refractivity contribution in [3.05, 3.63) is 86.5 Å². The van der Waals surface area contributed by atoms with Crippen molar-refractivity contribution in [1.82, 2.24) is 14.7 Å². The van der Waals surface area contributed by atoms with Gasteiger partial charge in [-0.2, -0.15) is 0 Å². The summed E-state index contributed by atoms with van der Waals surface area (Å²) in [5.74, 6) is 0.903. The molecule has 3 aromatic carbocycles. The molecule has 454 valence electrons. The lowest BCUT2D eigenvalue weighted by Gasteiger charge is -2.29. The lowest BCUT2D eigenvalue weighted by Crippen LogP contribution is -2.52. The maximum atomic E-state index is 13.0. The van der Waals surface area contributed by atoms with E-state index in [9.17, 15) is 44.1 Å². The number of nitrogens with zero attached hydrogens (tertiary/aromatic N) is 3. The van der Waals surface area contributed by atoms with Gasteiger partial charge in [-0.15, -0.1) is 0 Å². The van der Waals surface area contributed by atoms with Gasteiger partial charge >= 0.3 is 18.0 Å². The van der Waals surface area contributed by atoms with Crippen LogP contribution >= 0.6 is 0 Å². The number of hydrogen-bond donors (Lipinski definition) is 3. The monoisotopic (exact) mass is 1120 g/mol. The van der Waals surface area contributed by atoms with Gasteiger partial charge in [0.2, 0.25) is 6.41 Å². The Bertz CT molecular complexity index is 2310. The number of ether oxygens (including phenoxy) is 3. The lowest BCUT2D eigenvalue weighted by molar-refractivity contribution is -0.143. The maximum Gasteiger partial charge on any atom is 0.334 e. The van der Waals surface area contributed by atoms with Crippen LogP contribution in [0.3, 0.4) is 0 Å². The molecule has 5 amide bonds. The van der Waals surface area contributed by atoms with Crippen LogP contribution in [0.15, 0.2) is 36.4 Å². The van der Waals surface area contributed by atoms with Gasteiger partial charge in [0.05, 0.1) is 26.2 Å². The van der Waals surface area contributed by atoms with Crippen molar-refractivity contribution in [2.75, 3.05) is 53.6 Å². The molecule has 3 rings (SSSR count). The summed E-state index contributed by atoms with van der Waals surface area (Å²) in [4.78, 5) is 73.6. The van der Waals surface area contributed by atoms with E-state index in [0.29, 0.717) is 30.8 Å². The molecule has 0 spiro atoms. The first kappa shape index (κ1) is 76.1. The summed E-state index contributed by atoms with van der Waals surface area (Å²) >= 11 is 0. The van der Waals surface area contributed by atoms with Crippen molar-refractivity contribution in [1.29, 1.82) is 0 Å². The van der Waals surface area contributed by atoms with Crippen LogP contribution in [0, 0.1) is 0 Å². The highest BCUT2D eigenvalue weighted by Crippen LogP contribution is 2.41. The average Bonchev–Trinajstić information content (AvgIpc) is 3.37. The number of likely N-dealkylation sites (N-methyl/N-ethyl adjacent to an activating group) is 1. The van der Waals surface area contributed by atoms with E-state index in [-0.39, 0.29) is 85.7 Å². The predicted octanol–water partition coefficient (Wildman–Crippen LogP) is 13.8. The van der Waals surface area contributed by atoms with Crippen molar-refractivity contribution in [3.63, 3.8) is 0 Å². The molecule has 0 heterocycles. The van der Waals surface area contributed by atoms with E-state index in [1.165, 1.54) is 26.1 Å². The molecule has 0 unspecified atom stereocenters. The third-order valence-electron chi connectivity index (χ3n) is 12.4. The molecule has 0 fully saturated rings. The largest absolute Gasteiger partial charge is 0.507 e. The molecule has 0 saturated heterocycles. The zero-order chi connectivity index (χ0) is 62.4. The molecule has 15 heteroatoms. The van der Waals surface area contributed by atoms with Crippen LogP contribution in [0.25, 0.3) is 0 Å². The van der Waals surface area contributed by atoms with Crippen molar-refractivity contribution in [3.8, 4) is 17.2 Å². The number of urea groups is 2. The number of esters is 1. The summed E-state index contributed by atoms with van der Waals surface area (Å²) in [5.41, 5.74) is 8.33. The Hall–Kier alpha value is -5.96. The topological polar surface area (TPSA) is 201 Å². The minimum Gasteiger partial charge on any atom is -0.507 e. The molecular formula is C65H107N3O12. The molecule has 0 saturated carbocycles. The van der Waals surface area contributed by atoms with Crippen molar-refractivity contribution >= 4 is 37.2 Å². The third kappa shape index (κ3) is 26.5. The highest BCUT2D eigenvalue weighted by molar-refractivity contribution is 5.97. The second kappa shape index (κ2) is 37.1. The summed E-state index contributed by atoms with van der Waals surface area (Å²) in [6.07, 6.45) is 7.30. The molecule has 0 aliphatic carbocycles. The highest BCUT2D eigenvalue weighted by Gasteiger charge is 2.30. The minimum atomic E-state index is -0.908. The number of amides is 5. The fourth-order valence-electron chi connectivity index (χ4n) is 8.04. The molecule has 0 radical (unpaired) electrons. The normalized spacial score (nSPS) is 11.2. The predicted molar refractivity (Wildman–Crippen MR) is 324 cm³/mol. The highest BCUT2D eigenvalue weighted by atomic mass is 16.5. The van der Waals surface area contributed by atoms with Crippen LogP contribution in [0.2, 0.25) is 0 Å². The number of aromatic hydroxyl groups is 3. The van der Waals surface area contributed by atoms with Crippen LogP contribution in [0.4, 0.5) is 9.59 Å². The fourth-order valence-corrected chi connectivity index (χ4v) is 8.04. The first-order valence-corrected chi connectivity index (χ1v) is 28.7. The second-order valence-electron chi connectivity index (χ2n) is 24.1. The third-order valence-corrected chi connectivity index (χ3v) is 12.4. The Balaban J connectivity index is 0. The number of hydrogen-bond acceptors (Lipinski definition) is 12. The summed E-state index contributed by atoms with van der Waals surface area (Å²) in [6.45, 7) is 41.0. The number of rotatable bonds is 21. The lowest BCUT2D eigenvalue weighted by atomic mass is 9.78. The maximum absolute atomic E-state index is 13.0. The number of carbonyl (C=O) groups excluding carboxylic acids is 6. The first-order chi connectivity index (χ1) is 37.2. The number of benzene rings is 3. The van der Waals surface area contributed by atoms with E-state index in [0.717, 1.165) is 91.2 Å². The van der Waals surface area contributed by atoms with Gasteiger partial charge in [-0.3, -0.25) is 19.3 Å². The van der Waals surface area contributed by atoms with Crippen LogP contribution in [-0.4, -0.2) is 121 Å². The summed E-state index contributed by atoms with van der Waals surface area (Å²) in [7, 11) is 2.81. The van der Waals surface area contributed by atoms with Crippen molar-refractivity contribution in [2.24, 2.45) is 0 Å². The molecule has 0 atom stereocenters. The number of aryl methyl sites for hydroxylation is 4. The van der Waals surface area contributed by atoms with Gasteiger partial charge in [0.25, 0.3) is 6.47 Å². The summed E-state index contributed by atoms with van der Waals surface area (Å²) < 4.78 is 14.8. The number of methoxy groups -OCH3 is 1. The standard InChI is InChI=1S/C29H45N3O9.C16H24O2.C15H24O.C3H8.C2H6/c1-28(2,3)22-17-21(18-23(25(22)36)29(4,5)6)9-10-24(35)41-16-13-32(26(37)30(7)11-15-40-20-34)27(38)31(19-33)12-14-39-8;1-11(2)13-9-12(7-6-8-17)10-14(15(13)18)16(3,4)5;1-6-8-11-9-12(7-2)14(16)13(10-11)15(3,4)5;1-3-2;1-2/h17-20,36H,9-16H2,1-8H3;8-11,18H,6-7H2,1-5H3;9-10,16H,6-8H2,1-5H3;3H2,1-2H3;1-2H3. The number of imide groups is 2. The van der Waals surface area contributed by atoms with Gasteiger partial charge in [-0.05, 0) is 103 Å². The van der Waals surface area contributed by atoms with E-state index in [1.807, 2.05) is 79.7 Å². The number of aldehydes is 1. The molecule has 0 bridgehead atoms. The molecule has 0 aliphatic heterocycles. The molecule has 0 aliphatic rings. The Morgan fingerprint density at radius 2 is 1.06 bits per heavy atom. The van der Waals surface area contributed by atoms with Crippen LogP contribution in [-0.2, 0) is 80.7 Å². The Kier molecular flexibility index (Phi) is 35.3. The van der Waals surface area contributed by atoms with Gasteiger partial charge in [0.15, 0.2) is 0 Å². The second-order valence-corrected chi connectivity index (χ2v) is 24.1. The van der Waals surface area contributed by atoms with Gasteiger partial charge in [-0.1, -0.05) is 188 Å². The molecule has 80 heavy (non-hydrogen) atoms. The van der Waals surface area contributed by atoms with E-state index in [1.54, 1.807) is 0 Å². The Labute approximate surface area is 483 Å². The zero-order valence-corrected chi connectivity index (χ0v) is 53.5. The van der Waals surface area contributed by atoms with E-state index in [4.69, 9.17) is 9.47 Å². The average molecular weight is 1120 g/mol. The van der Waals surface area contributed by atoms with Gasteiger partial charge in [0, 0.05) is 27.0 Å². The van der Waals surface area contributed by atoms with Crippen molar-refractivity contribution in [2.45, 2.75) is 217 Å². The molecule has 3 N–H and O–H groups in total. The Morgan fingerprint density at radius 3 is 1.48 bits per heavy atom. The van der Waals surface area contributed by atoms with Gasteiger partial charge in [0.1, 0.15) is 36.7 Å². The molecule has 0 aromatic heterocycles. The zero-order valence-electron chi connectivity index (χ0n) is 53.5. The van der Waals surface area contributed by atoms with Crippen molar-refractivity contribution < 1.29 is 58.3 Å². The van der Waals surface area contributed by atoms with Crippen LogP contribution in [0.5, 0.6) is 17.2 Å². The first-order valence-electron chi connectivity index (χ1n) is 28.7. The van der Waals surface area contributed by atoms with Gasteiger partial charge in [-0.25, -0.2) is 14.5 Å². The smallest absolute Gasteiger partial charge is 0.334 e. The van der Waals surface area contributed by atoms with E-state index >= 15 is 0 Å². The number of carbonyl (C=O) groups is 6. The fraction of sp³-hybridized carbons (Fsp3) is 0.631. The van der Waals surface area contributed by atoms with Crippen LogP contribution in [0.1, 0.15) is 220 Å².